The molecule has 0 bridgehead atoms. The molecule has 3 aromatic carbocycles. The average molecular weight is 317 g/mol. The highest BCUT2D eigenvalue weighted by molar-refractivity contribution is 7.03. The van der Waals surface area contributed by atoms with E-state index in [-0.39, 0.29) is 5.04 Å². The Morgan fingerprint density at radius 2 is 0.913 bits per heavy atom. The second-order valence-electron chi connectivity index (χ2n) is 6.85. The first kappa shape index (κ1) is 15.8. The molecule has 0 spiro atoms. The molecule has 0 aliphatic heterocycles. The van der Waals surface area contributed by atoms with E-state index >= 15 is 0 Å². The maximum atomic E-state index is 2.50. The van der Waals surface area contributed by atoms with Crippen molar-refractivity contribution in [1.29, 1.82) is 0 Å². The zero-order valence-electron chi connectivity index (χ0n) is 14.2. The minimum Gasteiger partial charge on any atom is -0.0626 e. The van der Waals surface area contributed by atoms with Gasteiger partial charge in [0.2, 0.25) is 0 Å². The predicted octanol–water partition coefficient (Wildman–Crippen LogP) is 4.40. The first-order valence-electron chi connectivity index (χ1n) is 8.23. The largest absolute Gasteiger partial charge is 0.124 e. The lowest BCUT2D eigenvalue weighted by molar-refractivity contribution is 0.731. The maximum absolute atomic E-state index is 2.50. The van der Waals surface area contributed by atoms with E-state index in [1.165, 1.54) is 15.9 Å². The molecule has 116 valence electrons. The third kappa shape index (κ3) is 2.66. The number of rotatable bonds is 4. The van der Waals surface area contributed by atoms with Gasteiger partial charge in [0.05, 0.1) is 0 Å². The van der Waals surface area contributed by atoms with Crippen molar-refractivity contribution in [3.05, 3.63) is 96.6 Å². The van der Waals surface area contributed by atoms with Gasteiger partial charge in [0, 0.05) is 0 Å². The molecule has 0 aliphatic carbocycles. The summed E-state index contributed by atoms with van der Waals surface area (Å²) in [5.74, 6) is 0. The zero-order chi connectivity index (χ0) is 16.3. The van der Waals surface area contributed by atoms with Gasteiger partial charge in [0.25, 0.3) is 0 Å². The molecule has 0 amide bonds. The summed E-state index contributed by atoms with van der Waals surface area (Å²) in [6, 6.07) is 33.1. The summed E-state index contributed by atoms with van der Waals surface area (Å²) in [5, 5.41) is 3.07. The molecule has 0 nitrogen and oxygen atoms in total. The topological polar surface area (TPSA) is 0 Å². The van der Waals surface area contributed by atoms with Gasteiger partial charge in [-0.3, -0.25) is 0 Å². The molecule has 0 saturated carbocycles. The third-order valence-electron chi connectivity index (χ3n) is 5.45. The lowest BCUT2D eigenvalue weighted by Gasteiger charge is -2.44. The highest BCUT2D eigenvalue weighted by atomic mass is 28.3. The Morgan fingerprint density at radius 3 is 1.30 bits per heavy atom. The Kier molecular flexibility index (Phi) is 4.23. The highest BCUT2D eigenvalue weighted by Crippen LogP contribution is 2.33. The zero-order valence-corrected chi connectivity index (χ0v) is 15.2. The Labute approximate surface area is 140 Å². The van der Waals surface area contributed by atoms with Crippen LogP contribution in [0.5, 0.6) is 0 Å². The summed E-state index contributed by atoms with van der Waals surface area (Å²) in [6.45, 7) is 7.33. The fraction of sp³-hybridized carbons (Fsp3) is 0.182. The van der Waals surface area contributed by atoms with Crippen molar-refractivity contribution in [3.63, 3.8) is 0 Å². The van der Waals surface area contributed by atoms with Crippen molar-refractivity contribution in [2.75, 3.05) is 0 Å². The number of hydrogen-bond donors (Lipinski definition) is 0. The van der Waals surface area contributed by atoms with E-state index in [1.54, 1.807) is 0 Å². The molecule has 0 atom stereocenters. The van der Waals surface area contributed by atoms with Gasteiger partial charge in [-0.2, -0.15) is 0 Å². The Bertz CT molecular complexity index is 706. The number of benzene rings is 3. The third-order valence-corrected chi connectivity index (χ3v) is 11.2. The van der Waals surface area contributed by atoms with Crippen LogP contribution in [0.25, 0.3) is 0 Å². The van der Waals surface area contributed by atoms with Crippen molar-refractivity contribution < 1.29 is 0 Å². The minimum atomic E-state index is -1.97. The van der Waals surface area contributed by atoms with Gasteiger partial charge in [-0.15, -0.1) is 0 Å². The molecule has 1 heteroatoms. The molecule has 3 rings (SSSR count). The molecule has 23 heavy (non-hydrogen) atoms. The van der Waals surface area contributed by atoms with Crippen LogP contribution in [0, 0.1) is 0 Å². The standard InChI is InChI=1S/C22H24Si/c1-22(2,19-13-7-4-8-14-19)23(3,20-15-9-5-10-16-20)21-17-11-6-12-18-21/h4-18H,1-3H3. The van der Waals surface area contributed by atoms with Crippen molar-refractivity contribution >= 4 is 18.4 Å². The summed E-state index contributed by atoms with van der Waals surface area (Å²) in [6.07, 6.45) is 0. The van der Waals surface area contributed by atoms with Crippen LogP contribution < -0.4 is 10.4 Å². The van der Waals surface area contributed by atoms with E-state index in [2.05, 4.69) is 111 Å². The van der Waals surface area contributed by atoms with Crippen LogP contribution in [-0.2, 0) is 5.04 Å². The predicted molar refractivity (Wildman–Crippen MR) is 103 cm³/mol. The van der Waals surface area contributed by atoms with E-state index in [1.807, 2.05) is 0 Å². The van der Waals surface area contributed by atoms with Crippen LogP contribution in [0.15, 0.2) is 91.0 Å². The summed E-state index contributed by atoms with van der Waals surface area (Å²) in [5.41, 5.74) is 1.42. The fourth-order valence-corrected chi connectivity index (χ4v) is 7.81. The molecular weight excluding hydrogens is 292 g/mol. The van der Waals surface area contributed by atoms with E-state index in [4.69, 9.17) is 0 Å². The van der Waals surface area contributed by atoms with Crippen molar-refractivity contribution in [2.24, 2.45) is 0 Å². The van der Waals surface area contributed by atoms with Gasteiger partial charge in [-0.1, -0.05) is 122 Å². The Morgan fingerprint density at radius 1 is 0.565 bits per heavy atom. The molecule has 0 aliphatic rings. The second kappa shape index (κ2) is 6.17. The normalized spacial score (nSPS) is 12.1. The molecule has 0 unspecified atom stereocenters. The molecule has 3 aromatic rings. The van der Waals surface area contributed by atoms with Crippen molar-refractivity contribution in [1.82, 2.24) is 0 Å². The van der Waals surface area contributed by atoms with Crippen LogP contribution in [0.3, 0.4) is 0 Å². The minimum absolute atomic E-state index is 0.0942. The molecule has 0 fully saturated rings. The van der Waals surface area contributed by atoms with Crippen LogP contribution in [0.1, 0.15) is 19.4 Å². The molecule has 0 heterocycles. The van der Waals surface area contributed by atoms with Gasteiger partial charge >= 0.3 is 0 Å². The maximum Gasteiger partial charge on any atom is 0.124 e. The van der Waals surface area contributed by atoms with Crippen LogP contribution in [0.2, 0.25) is 6.55 Å². The van der Waals surface area contributed by atoms with Crippen LogP contribution >= 0.6 is 0 Å². The first-order valence-corrected chi connectivity index (χ1v) is 10.7. The van der Waals surface area contributed by atoms with Gasteiger partial charge in [0.15, 0.2) is 0 Å². The van der Waals surface area contributed by atoms with Crippen molar-refractivity contribution in [2.45, 2.75) is 25.4 Å². The summed E-state index contributed by atoms with van der Waals surface area (Å²) < 4.78 is 0. The second-order valence-corrected chi connectivity index (χ2v) is 11.5. The SMILES string of the molecule is CC(C)(c1ccccc1)[Si](C)(c1ccccc1)c1ccccc1. The lowest BCUT2D eigenvalue weighted by atomic mass is 10.0. The van der Waals surface area contributed by atoms with Gasteiger partial charge in [-0.05, 0) is 10.6 Å². The van der Waals surface area contributed by atoms with E-state index in [9.17, 15) is 0 Å². The lowest BCUT2D eigenvalue weighted by Crippen LogP contribution is -2.67. The van der Waals surface area contributed by atoms with Gasteiger partial charge < -0.3 is 0 Å². The number of hydrogen-bond acceptors (Lipinski definition) is 0. The summed E-state index contributed by atoms with van der Waals surface area (Å²) in [4.78, 5) is 0. The van der Waals surface area contributed by atoms with E-state index in [0.717, 1.165) is 0 Å². The van der Waals surface area contributed by atoms with Gasteiger partial charge in [-0.25, -0.2) is 0 Å². The van der Waals surface area contributed by atoms with E-state index in [0.29, 0.717) is 0 Å². The van der Waals surface area contributed by atoms with Crippen LogP contribution in [-0.4, -0.2) is 8.07 Å². The fourth-order valence-electron chi connectivity index (χ4n) is 3.57. The highest BCUT2D eigenvalue weighted by Gasteiger charge is 2.46. The molecule has 0 saturated heterocycles. The molecule has 0 radical (unpaired) electrons. The first-order chi connectivity index (χ1) is 11.1. The Balaban J connectivity index is 2.25. The average Bonchev–Trinajstić information content (AvgIpc) is 2.63. The Hall–Kier alpha value is -2.12. The van der Waals surface area contributed by atoms with Crippen LogP contribution in [0.4, 0.5) is 0 Å². The smallest absolute Gasteiger partial charge is 0.0626 e. The molecular formula is C22H24Si. The summed E-state index contributed by atoms with van der Waals surface area (Å²) in [7, 11) is -1.97. The monoisotopic (exact) mass is 316 g/mol. The van der Waals surface area contributed by atoms with E-state index < -0.39 is 8.07 Å². The summed E-state index contributed by atoms with van der Waals surface area (Å²) >= 11 is 0. The van der Waals surface area contributed by atoms with Crippen molar-refractivity contribution in [3.8, 4) is 0 Å². The quantitative estimate of drug-likeness (QED) is 0.626. The van der Waals surface area contributed by atoms with Gasteiger partial charge in [0.1, 0.15) is 8.07 Å². The molecule has 0 N–H and O–H groups in total. The molecule has 0 aromatic heterocycles.